The Bertz CT molecular complexity index is 658. The maximum absolute atomic E-state index is 12.9. The first kappa shape index (κ1) is 15.9. The topological polar surface area (TPSA) is 66.9 Å². The van der Waals surface area contributed by atoms with E-state index < -0.39 is 0 Å². The lowest BCUT2D eigenvalue weighted by atomic mass is 10.2. The van der Waals surface area contributed by atoms with Crippen molar-refractivity contribution in [1.82, 2.24) is 9.97 Å². The SMILES string of the molecule is CCC(C)Nc1cc(C(=O)Nc2ccc(F)cc2)nc(C)n1. The fourth-order valence-electron chi connectivity index (χ4n) is 1.84. The number of hydrogen-bond acceptors (Lipinski definition) is 4. The molecule has 0 saturated heterocycles. The summed E-state index contributed by atoms with van der Waals surface area (Å²) in [5.74, 6) is 0.420. The molecule has 0 radical (unpaired) electrons. The van der Waals surface area contributed by atoms with Gasteiger partial charge in [0.25, 0.3) is 5.91 Å². The summed E-state index contributed by atoms with van der Waals surface area (Å²) in [6, 6.07) is 7.44. The van der Waals surface area contributed by atoms with Gasteiger partial charge in [-0.1, -0.05) is 6.92 Å². The third-order valence-electron chi connectivity index (χ3n) is 3.18. The van der Waals surface area contributed by atoms with Crippen molar-refractivity contribution in [2.45, 2.75) is 33.2 Å². The number of aromatic nitrogens is 2. The predicted molar refractivity (Wildman–Crippen MR) is 84.5 cm³/mol. The van der Waals surface area contributed by atoms with Gasteiger partial charge in [-0.15, -0.1) is 0 Å². The van der Waals surface area contributed by atoms with E-state index in [1.165, 1.54) is 24.3 Å². The van der Waals surface area contributed by atoms with Gasteiger partial charge in [-0.3, -0.25) is 4.79 Å². The van der Waals surface area contributed by atoms with E-state index in [1.54, 1.807) is 13.0 Å². The van der Waals surface area contributed by atoms with Gasteiger partial charge in [0.15, 0.2) is 0 Å². The van der Waals surface area contributed by atoms with E-state index in [-0.39, 0.29) is 23.5 Å². The average Bonchev–Trinajstić information content (AvgIpc) is 2.48. The van der Waals surface area contributed by atoms with E-state index in [2.05, 4.69) is 27.5 Å². The Morgan fingerprint density at radius 3 is 2.59 bits per heavy atom. The van der Waals surface area contributed by atoms with Crippen LogP contribution < -0.4 is 10.6 Å². The zero-order valence-corrected chi connectivity index (χ0v) is 12.9. The van der Waals surface area contributed by atoms with Crippen molar-refractivity contribution in [1.29, 1.82) is 0 Å². The molecule has 1 aromatic heterocycles. The maximum atomic E-state index is 12.9. The molecule has 0 spiro atoms. The highest BCUT2D eigenvalue weighted by molar-refractivity contribution is 6.03. The lowest BCUT2D eigenvalue weighted by Crippen LogP contribution is -2.18. The van der Waals surface area contributed by atoms with Crippen molar-refractivity contribution >= 4 is 17.4 Å². The molecule has 2 aromatic rings. The van der Waals surface area contributed by atoms with Crippen LogP contribution in [0.4, 0.5) is 15.9 Å². The van der Waals surface area contributed by atoms with Gasteiger partial charge in [-0.2, -0.15) is 0 Å². The molecule has 22 heavy (non-hydrogen) atoms. The van der Waals surface area contributed by atoms with Crippen molar-refractivity contribution < 1.29 is 9.18 Å². The van der Waals surface area contributed by atoms with E-state index in [4.69, 9.17) is 0 Å². The van der Waals surface area contributed by atoms with Gasteiger partial charge < -0.3 is 10.6 Å². The first-order valence-electron chi connectivity index (χ1n) is 7.17. The highest BCUT2D eigenvalue weighted by Crippen LogP contribution is 2.13. The number of carbonyl (C=O) groups excluding carboxylic acids is 1. The summed E-state index contributed by atoms with van der Waals surface area (Å²) in [5, 5.41) is 5.90. The van der Waals surface area contributed by atoms with Gasteiger partial charge in [0.1, 0.15) is 23.2 Å². The normalized spacial score (nSPS) is 11.8. The highest BCUT2D eigenvalue weighted by Gasteiger charge is 2.12. The summed E-state index contributed by atoms with van der Waals surface area (Å²) in [7, 11) is 0. The van der Waals surface area contributed by atoms with Crippen LogP contribution in [0, 0.1) is 12.7 Å². The molecule has 1 unspecified atom stereocenters. The van der Waals surface area contributed by atoms with Gasteiger partial charge in [0, 0.05) is 17.8 Å². The quantitative estimate of drug-likeness (QED) is 0.888. The first-order chi connectivity index (χ1) is 10.5. The van der Waals surface area contributed by atoms with Crippen molar-refractivity contribution in [2.75, 3.05) is 10.6 Å². The lowest BCUT2D eigenvalue weighted by Gasteiger charge is -2.13. The number of halogens is 1. The number of carbonyl (C=O) groups is 1. The van der Waals surface area contributed by atoms with Gasteiger partial charge in [-0.05, 0) is 44.5 Å². The Hall–Kier alpha value is -2.50. The Labute approximate surface area is 129 Å². The van der Waals surface area contributed by atoms with Gasteiger partial charge in [-0.25, -0.2) is 14.4 Å². The number of rotatable bonds is 5. The first-order valence-corrected chi connectivity index (χ1v) is 7.17. The number of aryl methyl sites for hydroxylation is 1. The number of nitrogens with zero attached hydrogens (tertiary/aromatic N) is 2. The van der Waals surface area contributed by atoms with Crippen LogP contribution in [0.3, 0.4) is 0 Å². The van der Waals surface area contributed by atoms with Crippen LogP contribution in [0.15, 0.2) is 30.3 Å². The predicted octanol–water partition coefficient (Wildman–Crippen LogP) is 3.39. The van der Waals surface area contributed by atoms with E-state index in [0.29, 0.717) is 17.3 Å². The van der Waals surface area contributed by atoms with Crippen LogP contribution in [-0.2, 0) is 0 Å². The van der Waals surface area contributed by atoms with Gasteiger partial charge in [0.05, 0.1) is 0 Å². The van der Waals surface area contributed by atoms with Gasteiger partial charge >= 0.3 is 0 Å². The van der Waals surface area contributed by atoms with Crippen molar-refractivity contribution in [3.63, 3.8) is 0 Å². The largest absolute Gasteiger partial charge is 0.368 e. The van der Waals surface area contributed by atoms with Crippen molar-refractivity contribution in [3.8, 4) is 0 Å². The van der Waals surface area contributed by atoms with Crippen LogP contribution in [0.25, 0.3) is 0 Å². The molecule has 6 heteroatoms. The lowest BCUT2D eigenvalue weighted by molar-refractivity contribution is 0.102. The molecule has 0 fully saturated rings. The van der Waals surface area contributed by atoms with Crippen molar-refractivity contribution in [2.24, 2.45) is 0 Å². The van der Waals surface area contributed by atoms with Gasteiger partial charge in [0.2, 0.25) is 0 Å². The van der Waals surface area contributed by atoms with E-state index >= 15 is 0 Å². The number of benzene rings is 1. The minimum Gasteiger partial charge on any atom is -0.368 e. The fourth-order valence-corrected chi connectivity index (χ4v) is 1.84. The molecule has 0 aliphatic heterocycles. The second-order valence-corrected chi connectivity index (χ2v) is 5.10. The molecule has 2 N–H and O–H groups in total. The fraction of sp³-hybridized carbons (Fsp3) is 0.312. The van der Waals surface area contributed by atoms with Crippen LogP contribution in [0.2, 0.25) is 0 Å². The van der Waals surface area contributed by atoms with Crippen molar-refractivity contribution in [3.05, 3.63) is 47.7 Å². The van der Waals surface area contributed by atoms with E-state index in [1.807, 2.05) is 6.92 Å². The molecule has 5 nitrogen and oxygen atoms in total. The third-order valence-corrected chi connectivity index (χ3v) is 3.18. The molecule has 0 aliphatic rings. The summed E-state index contributed by atoms with van der Waals surface area (Å²) in [6.07, 6.45) is 0.945. The zero-order valence-electron chi connectivity index (χ0n) is 12.9. The third kappa shape index (κ3) is 4.25. The summed E-state index contributed by atoms with van der Waals surface area (Å²) >= 11 is 0. The number of hydrogen-bond donors (Lipinski definition) is 2. The molecular weight excluding hydrogens is 283 g/mol. The Balaban J connectivity index is 2.16. The molecule has 0 aliphatic carbocycles. The van der Waals surface area contributed by atoms with Crippen LogP contribution in [0.1, 0.15) is 36.6 Å². The molecule has 2 rings (SSSR count). The standard InChI is InChI=1S/C16H19FN4O/c1-4-10(2)18-15-9-14(19-11(3)20-15)16(22)21-13-7-5-12(17)6-8-13/h5-10H,4H2,1-3H3,(H,21,22)(H,18,19,20). The molecule has 1 aromatic carbocycles. The summed E-state index contributed by atoms with van der Waals surface area (Å²) in [6.45, 7) is 5.83. The van der Waals surface area contributed by atoms with Crippen LogP contribution in [-0.4, -0.2) is 21.9 Å². The Morgan fingerprint density at radius 1 is 1.27 bits per heavy atom. The number of anilines is 2. The van der Waals surface area contributed by atoms with E-state index in [0.717, 1.165) is 6.42 Å². The van der Waals surface area contributed by atoms with E-state index in [9.17, 15) is 9.18 Å². The minimum absolute atomic E-state index is 0.252. The zero-order chi connectivity index (χ0) is 16.1. The van der Waals surface area contributed by atoms with Crippen LogP contribution in [0.5, 0.6) is 0 Å². The second-order valence-electron chi connectivity index (χ2n) is 5.10. The summed E-state index contributed by atoms with van der Waals surface area (Å²) < 4.78 is 12.9. The highest BCUT2D eigenvalue weighted by atomic mass is 19.1. The summed E-state index contributed by atoms with van der Waals surface area (Å²) in [5.41, 5.74) is 0.779. The monoisotopic (exact) mass is 302 g/mol. The Morgan fingerprint density at radius 2 is 1.95 bits per heavy atom. The number of nitrogens with one attached hydrogen (secondary N) is 2. The molecule has 0 bridgehead atoms. The second kappa shape index (κ2) is 6.98. The molecule has 1 amide bonds. The number of amides is 1. The average molecular weight is 302 g/mol. The maximum Gasteiger partial charge on any atom is 0.274 e. The molecule has 116 valence electrons. The smallest absolute Gasteiger partial charge is 0.274 e. The summed E-state index contributed by atoms with van der Waals surface area (Å²) in [4.78, 5) is 20.7. The molecule has 0 saturated carbocycles. The minimum atomic E-state index is -0.357. The molecule has 1 atom stereocenters. The molecule has 1 heterocycles. The molecular formula is C16H19FN4O. The van der Waals surface area contributed by atoms with Crippen LogP contribution >= 0.6 is 0 Å². The Kier molecular flexibility index (Phi) is 5.04.